The molecule has 0 aliphatic heterocycles. The Balaban J connectivity index is 1.07. The van der Waals surface area contributed by atoms with Crippen LogP contribution in [0.15, 0.2) is 77.2 Å². The van der Waals surface area contributed by atoms with Crippen LogP contribution < -0.4 is 15.5 Å². The number of para-hydroxylation sites is 1. The van der Waals surface area contributed by atoms with Crippen LogP contribution in [0.2, 0.25) is 0 Å². The average molecular weight is 638 g/mol. The molecule has 238 valence electrons. The zero-order valence-corrected chi connectivity index (χ0v) is 27.6. The summed E-state index contributed by atoms with van der Waals surface area (Å²) in [4.78, 5) is 25.6. The first-order valence-electron chi connectivity index (χ1n) is 15.8. The molecule has 0 saturated heterocycles. The van der Waals surface area contributed by atoms with Crippen molar-refractivity contribution in [3.8, 4) is 0 Å². The standard InChI is InChI=1S/C37H40FN5O2S/c1-23-31(19-24-11-16-28(17-12-24)46(4)45)29-18-13-26(38)20-33(29)32(23)21-35(44)39-22-25-9-14-27(15-10-25)40-37-41-34-8-6-5-7-30(34)36(42-37)43(2)3/h5-8,11-13,16-20,25,27H,9-10,14-15,21-22H2,1-4H3,(H,39,44)(H,40,41,42)/b31-19+. The summed E-state index contributed by atoms with van der Waals surface area (Å²) in [6, 6.07) is 20.7. The number of amides is 1. The number of rotatable bonds is 9. The second kappa shape index (κ2) is 13.5. The van der Waals surface area contributed by atoms with Crippen LogP contribution >= 0.6 is 0 Å². The first-order valence-corrected chi connectivity index (χ1v) is 17.3. The maximum Gasteiger partial charge on any atom is 0.225 e. The molecule has 46 heavy (non-hydrogen) atoms. The third-order valence-corrected chi connectivity index (χ3v) is 10.0. The van der Waals surface area contributed by atoms with Gasteiger partial charge in [-0.25, -0.2) is 9.37 Å². The fraction of sp³-hybridized carbons (Fsp3) is 0.324. The third kappa shape index (κ3) is 6.89. The number of benzene rings is 3. The van der Waals surface area contributed by atoms with E-state index in [1.165, 1.54) is 12.1 Å². The van der Waals surface area contributed by atoms with Crippen LogP contribution in [0.1, 0.15) is 55.7 Å². The smallest absolute Gasteiger partial charge is 0.225 e. The lowest BCUT2D eigenvalue weighted by molar-refractivity contribution is -0.120. The molecule has 1 atom stereocenters. The highest BCUT2D eigenvalue weighted by Gasteiger charge is 2.27. The van der Waals surface area contributed by atoms with Crippen LogP contribution in [0, 0.1) is 11.7 Å². The van der Waals surface area contributed by atoms with Crippen LogP contribution in [0.4, 0.5) is 16.2 Å². The van der Waals surface area contributed by atoms with Gasteiger partial charge in [-0.15, -0.1) is 0 Å². The molecule has 1 unspecified atom stereocenters. The molecule has 3 aromatic carbocycles. The first kappa shape index (κ1) is 31.6. The molecule has 2 aliphatic carbocycles. The van der Waals surface area contributed by atoms with Crippen LogP contribution in [0.25, 0.3) is 28.1 Å². The Bertz CT molecular complexity index is 1860. The number of nitrogens with one attached hydrogen (secondary N) is 2. The quantitative estimate of drug-likeness (QED) is 0.204. The number of hydrogen-bond donors (Lipinski definition) is 2. The molecule has 1 heterocycles. The van der Waals surface area contributed by atoms with Crippen molar-refractivity contribution in [2.24, 2.45) is 5.92 Å². The van der Waals surface area contributed by atoms with Crippen LogP contribution in [0.5, 0.6) is 0 Å². The molecule has 2 aliphatic rings. The third-order valence-electron chi connectivity index (χ3n) is 9.09. The monoisotopic (exact) mass is 637 g/mol. The summed E-state index contributed by atoms with van der Waals surface area (Å²) in [6.45, 7) is 2.62. The van der Waals surface area contributed by atoms with Gasteiger partial charge in [0.1, 0.15) is 11.6 Å². The SMILES string of the molecule is CC1=C(CC(=O)NCC2CCC(Nc3nc(N(C)C)c4ccccc4n3)CC2)c2cc(F)ccc2/C1=C/c1ccc(S(C)=O)cc1. The molecule has 1 saturated carbocycles. The van der Waals surface area contributed by atoms with Gasteiger partial charge in [0.2, 0.25) is 11.9 Å². The normalized spacial score (nSPS) is 19.3. The van der Waals surface area contributed by atoms with E-state index in [1.54, 1.807) is 12.3 Å². The van der Waals surface area contributed by atoms with E-state index in [9.17, 15) is 13.4 Å². The predicted molar refractivity (Wildman–Crippen MR) is 186 cm³/mol. The first-order chi connectivity index (χ1) is 22.2. The summed E-state index contributed by atoms with van der Waals surface area (Å²) >= 11 is 0. The second-order valence-electron chi connectivity index (χ2n) is 12.5. The van der Waals surface area contributed by atoms with E-state index < -0.39 is 10.8 Å². The highest BCUT2D eigenvalue weighted by atomic mass is 32.2. The van der Waals surface area contributed by atoms with Gasteiger partial charge in [-0.1, -0.05) is 30.3 Å². The lowest BCUT2D eigenvalue weighted by atomic mass is 9.86. The Hall–Kier alpha value is -4.37. The minimum absolute atomic E-state index is 0.0541. The largest absolute Gasteiger partial charge is 0.362 e. The van der Waals surface area contributed by atoms with Crippen molar-refractivity contribution < 1.29 is 13.4 Å². The molecule has 0 spiro atoms. The van der Waals surface area contributed by atoms with E-state index in [0.29, 0.717) is 18.4 Å². The molecule has 7 nitrogen and oxygen atoms in total. The maximum atomic E-state index is 14.4. The number of halogens is 1. The molecule has 4 aromatic rings. The molecule has 2 N–H and O–H groups in total. The van der Waals surface area contributed by atoms with Crippen LogP contribution in [0.3, 0.4) is 0 Å². The molecular weight excluding hydrogens is 598 g/mol. The molecule has 1 fully saturated rings. The minimum Gasteiger partial charge on any atom is -0.362 e. The van der Waals surface area contributed by atoms with Gasteiger partial charge >= 0.3 is 0 Å². The van der Waals surface area contributed by atoms with E-state index in [4.69, 9.17) is 9.97 Å². The Morgan fingerprint density at radius 1 is 1.00 bits per heavy atom. The summed E-state index contributed by atoms with van der Waals surface area (Å²) < 4.78 is 26.2. The van der Waals surface area contributed by atoms with Crippen molar-refractivity contribution >= 4 is 56.6 Å². The minimum atomic E-state index is -1.05. The van der Waals surface area contributed by atoms with E-state index in [0.717, 1.165) is 80.7 Å². The number of aromatic nitrogens is 2. The molecule has 9 heteroatoms. The fourth-order valence-electron chi connectivity index (χ4n) is 6.54. The van der Waals surface area contributed by atoms with Crippen molar-refractivity contribution in [2.45, 2.75) is 50.0 Å². The number of allylic oxidation sites excluding steroid dienone is 2. The number of carbonyl (C=O) groups is 1. The van der Waals surface area contributed by atoms with Crippen molar-refractivity contribution in [3.05, 3.63) is 94.8 Å². The van der Waals surface area contributed by atoms with Crippen molar-refractivity contribution in [1.29, 1.82) is 0 Å². The molecular formula is C37H40FN5O2S. The van der Waals surface area contributed by atoms with Crippen LogP contribution in [-0.4, -0.2) is 53.0 Å². The topological polar surface area (TPSA) is 87.2 Å². The van der Waals surface area contributed by atoms with Gasteiger partial charge in [-0.05, 0) is 114 Å². The van der Waals surface area contributed by atoms with Crippen molar-refractivity contribution in [2.75, 3.05) is 37.1 Å². The van der Waals surface area contributed by atoms with E-state index in [2.05, 4.69) is 16.7 Å². The fourth-order valence-corrected chi connectivity index (χ4v) is 7.06. The lowest BCUT2D eigenvalue weighted by Gasteiger charge is -2.29. The zero-order valence-electron chi connectivity index (χ0n) is 26.8. The average Bonchev–Trinajstić information content (AvgIpc) is 3.29. The zero-order chi connectivity index (χ0) is 32.4. The van der Waals surface area contributed by atoms with Crippen LogP contribution in [-0.2, 0) is 15.6 Å². The van der Waals surface area contributed by atoms with Gasteiger partial charge in [0.15, 0.2) is 0 Å². The van der Waals surface area contributed by atoms with Gasteiger partial charge in [0, 0.05) is 54.0 Å². The summed E-state index contributed by atoms with van der Waals surface area (Å²) in [5, 5.41) is 7.75. The summed E-state index contributed by atoms with van der Waals surface area (Å²) in [7, 11) is 2.94. The number of fused-ring (bicyclic) bond motifs is 2. The van der Waals surface area contributed by atoms with E-state index >= 15 is 0 Å². The summed E-state index contributed by atoms with van der Waals surface area (Å²) in [5.74, 6) is 1.57. The molecule has 0 radical (unpaired) electrons. The Kier molecular flexibility index (Phi) is 9.31. The number of nitrogens with zero attached hydrogens (tertiary/aromatic N) is 3. The summed E-state index contributed by atoms with van der Waals surface area (Å²) in [6.07, 6.45) is 7.86. The Morgan fingerprint density at radius 3 is 2.46 bits per heavy atom. The molecule has 1 amide bonds. The van der Waals surface area contributed by atoms with Crippen molar-refractivity contribution in [1.82, 2.24) is 15.3 Å². The lowest BCUT2D eigenvalue weighted by Crippen LogP contribution is -2.34. The summed E-state index contributed by atoms with van der Waals surface area (Å²) in [5.41, 5.74) is 6.37. The maximum absolute atomic E-state index is 14.4. The van der Waals surface area contributed by atoms with Gasteiger partial charge in [0.25, 0.3) is 0 Å². The molecule has 0 bridgehead atoms. The Labute approximate surface area is 272 Å². The number of hydrogen-bond acceptors (Lipinski definition) is 6. The van der Waals surface area contributed by atoms with Gasteiger partial charge in [-0.2, -0.15) is 4.98 Å². The highest BCUT2D eigenvalue weighted by Crippen LogP contribution is 2.44. The predicted octanol–water partition coefficient (Wildman–Crippen LogP) is 7.08. The second-order valence-corrected chi connectivity index (χ2v) is 13.9. The van der Waals surface area contributed by atoms with Crippen molar-refractivity contribution in [3.63, 3.8) is 0 Å². The number of carbonyl (C=O) groups excluding carboxylic acids is 1. The van der Waals surface area contributed by atoms with Gasteiger partial charge in [-0.3, -0.25) is 9.00 Å². The molecule has 1 aromatic heterocycles. The van der Waals surface area contributed by atoms with E-state index in [-0.39, 0.29) is 24.2 Å². The number of anilines is 2. The van der Waals surface area contributed by atoms with E-state index in [1.807, 2.05) is 74.4 Å². The molecule has 6 rings (SSSR count). The Morgan fingerprint density at radius 2 is 1.74 bits per heavy atom. The highest BCUT2D eigenvalue weighted by molar-refractivity contribution is 7.84. The van der Waals surface area contributed by atoms with Gasteiger partial charge in [0.05, 0.1) is 11.9 Å². The van der Waals surface area contributed by atoms with Gasteiger partial charge < -0.3 is 15.5 Å².